The number of hydrogen-bond acceptors (Lipinski definition) is 7. The van der Waals surface area contributed by atoms with E-state index in [-0.39, 0.29) is 33.8 Å². The molecule has 6 rings (SSSR count). The highest BCUT2D eigenvalue weighted by Gasteiger charge is 2.34. The molecule has 0 saturated heterocycles. The lowest BCUT2D eigenvalue weighted by Crippen LogP contribution is -2.25. The van der Waals surface area contributed by atoms with Gasteiger partial charge in [-0.15, -0.1) is 5.10 Å². The molecule has 0 amide bonds. The van der Waals surface area contributed by atoms with Gasteiger partial charge in [-0.3, -0.25) is 14.5 Å². The minimum absolute atomic E-state index is 0.0520. The van der Waals surface area contributed by atoms with Crippen LogP contribution in [0, 0.1) is 5.82 Å². The molecule has 0 bridgehead atoms. The van der Waals surface area contributed by atoms with E-state index in [2.05, 4.69) is 35.7 Å². The van der Waals surface area contributed by atoms with Gasteiger partial charge in [0.05, 0.1) is 46.1 Å². The highest BCUT2D eigenvalue weighted by Crippen LogP contribution is 2.39. The zero-order valence-corrected chi connectivity index (χ0v) is 18.4. The predicted octanol–water partition coefficient (Wildman–Crippen LogP) is 2.89. The molecule has 13 heteroatoms. The summed E-state index contributed by atoms with van der Waals surface area (Å²) in [6.07, 6.45) is 7.09. The maximum Gasteiger partial charge on any atom is 0.254 e. The quantitative estimate of drug-likeness (QED) is 0.405. The van der Waals surface area contributed by atoms with E-state index in [9.17, 15) is 4.79 Å². The first-order valence-electron chi connectivity index (χ1n) is 10.4. The summed E-state index contributed by atoms with van der Waals surface area (Å²) in [7, 11) is 0. The van der Waals surface area contributed by atoms with Crippen molar-refractivity contribution in [2.24, 2.45) is 0 Å². The molecular weight excluding hydrogens is 463 g/mol. The first-order valence-corrected chi connectivity index (χ1v) is 10.8. The Morgan fingerprint density at radius 1 is 1.26 bits per heavy atom. The fourth-order valence-corrected chi connectivity index (χ4v) is 4.53. The van der Waals surface area contributed by atoms with E-state index in [1.807, 2.05) is 6.92 Å². The van der Waals surface area contributed by atoms with Crippen molar-refractivity contribution in [2.45, 2.75) is 25.3 Å². The second-order valence-corrected chi connectivity index (χ2v) is 8.45. The molecule has 0 fully saturated rings. The van der Waals surface area contributed by atoms with Crippen molar-refractivity contribution < 1.29 is 4.39 Å². The average molecular weight is 479 g/mol. The van der Waals surface area contributed by atoms with Gasteiger partial charge >= 0.3 is 0 Å². The van der Waals surface area contributed by atoms with Crippen molar-refractivity contribution in [2.75, 3.05) is 0 Å². The Labute approximate surface area is 195 Å². The van der Waals surface area contributed by atoms with E-state index < -0.39 is 5.82 Å². The minimum atomic E-state index is -0.704. The lowest BCUT2D eigenvalue weighted by Gasteiger charge is -2.15. The van der Waals surface area contributed by atoms with Crippen molar-refractivity contribution >= 4 is 11.6 Å². The molecule has 0 saturated carbocycles. The van der Waals surface area contributed by atoms with E-state index in [1.54, 1.807) is 29.2 Å². The molecule has 4 aromatic heterocycles. The molecule has 0 radical (unpaired) electrons. The Hall–Kier alpha value is -4.19. The lowest BCUT2D eigenvalue weighted by atomic mass is 10.1. The Morgan fingerprint density at radius 2 is 2.15 bits per heavy atom. The van der Waals surface area contributed by atoms with Crippen LogP contribution in [0.2, 0.25) is 5.02 Å². The SMILES string of the molecule is C[C@@H]1C[C@H](c2ncc(-c3cn[nH]c3)[nH]2)n2c1nc(-c1c(-n3cnnn3)ccc(Cl)c1F)cc2=O. The molecule has 5 heterocycles. The third-order valence-electron chi connectivity index (χ3n) is 5.95. The number of benzene rings is 1. The van der Waals surface area contributed by atoms with Crippen LogP contribution in [-0.2, 0) is 0 Å². The smallest absolute Gasteiger partial charge is 0.254 e. The van der Waals surface area contributed by atoms with Gasteiger partial charge in [0.1, 0.15) is 18.0 Å². The number of tetrazole rings is 1. The second kappa shape index (κ2) is 7.70. The van der Waals surface area contributed by atoms with Crippen molar-refractivity contribution in [3.63, 3.8) is 0 Å². The topological polar surface area (TPSA) is 136 Å². The summed E-state index contributed by atoms with van der Waals surface area (Å²) in [6.45, 7) is 1.97. The number of H-pyrrole nitrogens is 2. The molecule has 0 aliphatic carbocycles. The van der Waals surface area contributed by atoms with E-state index in [4.69, 9.17) is 16.6 Å². The number of aromatic nitrogens is 10. The van der Waals surface area contributed by atoms with Crippen molar-refractivity contribution in [3.8, 4) is 28.2 Å². The zero-order valence-electron chi connectivity index (χ0n) is 17.6. The van der Waals surface area contributed by atoms with Gasteiger partial charge in [0, 0.05) is 23.7 Å². The zero-order chi connectivity index (χ0) is 23.4. The van der Waals surface area contributed by atoms with E-state index in [1.165, 1.54) is 23.1 Å². The summed E-state index contributed by atoms with van der Waals surface area (Å²) >= 11 is 6.06. The Balaban J connectivity index is 1.47. The van der Waals surface area contributed by atoms with Crippen molar-refractivity contribution in [1.82, 2.24) is 49.9 Å². The Kier molecular flexibility index (Phi) is 4.62. The number of halogens is 2. The third kappa shape index (κ3) is 3.14. The summed E-state index contributed by atoms with van der Waals surface area (Å²) in [5.74, 6) is 0.404. The number of fused-ring (bicyclic) bond motifs is 1. The molecule has 2 atom stereocenters. The monoisotopic (exact) mass is 478 g/mol. The number of nitrogens with zero attached hydrogens (tertiary/aromatic N) is 8. The molecule has 1 aliphatic heterocycles. The van der Waals surface area contributed by atoms with Gasteiger partial charge in [-0.25, -0.2) is 14.4 Å². The normalized spacial score (nSPS) is 17.3. The average Bonchev–Trinajstić information content (AvgIpc) is 3.62. The first kappa shape index (κ1) is 20.4. The maximum atomic E-state index is 15.2. The molecule has 1 aromatic carbocycles. The maximum absolute atomic E-state index is 15.2. The van der Waals surface area contributed by atoms with Crippen LogP contribution in [0.3, 0.4) is 0 Å². The van der Waals surface area contributed by atoms with Crippen LogP contribution in [-0.4, -0.2) is 49.9 Å². The van der Waals surface area contributed by atoms with Crippen molar-refractivity contribution in [3.05, 3.63) is 76.0 Å². The van der Waals surface area contributed by atoms with Gasteiger partial charge in [-0.05, 0) is 29.0 Å². The van der Waals surface area contributed by atoms with Crippen LogP contribution in [0.1, 0.15) is 37.0 Å². The lowest BCUT2D eigenvalue weighted by molar-refractivity contribution is 0.555. The standard InChI is InChI=1S/C21H16ClFN10O/c1-10-4-16(20-24-8-14(28-20)11-6-25-26-7-11)33-17(34)5-13(29-21(10)33)18-15(32-9-27-30-31-32)3-2-12(22)19(18)23/h2-3,5-10,16H,4H2,1H3,(H,24,28)(H,25,26)/t10-,16-/m1/s1. The number of aromatic amines is 2. The fraction of sp³-hybridized carbons (Fsp3) is 0.190. The van der Waals surface area contributed by atoms with Crippen LogP contribution in [0.25, 0.3) is 28.2 Å². The summed E-state index contributed by atoms with van der Waals surface area (Å²) in [4.78, 5) is 25.8. The van der Waals surface area contributed by atoms with E-state index in [0.717, 1.165) is 11.3 Å². The summed E-state index contributed by atoms with van der Waals surface area (Å²) in [5, 5.41) is 17.7. The van der Waals surface area contributed by atoms with E-state index in [0.29, 0.717) is 23.8 Å². The van der Waals surface area contributed by atoms with Crippen LogP contribution >= 0.6 is 11.6 Å². The molecule has 0 spiro atoms. The van der Waals surface area contributed by atoms with Gasteiger partial charge in [0.15, 0.2) is 5.82 Å². The van der Waals surface area contributed by atoms with Gasteiger partial charge in [-0.1, -0.05) is 18.5 Å². The molecule has 11 nitrogen and oxygen atoms in total. The van der Waals surface area contributed by atoms with Crippen LogP contribution in [0.15, 0.2) is 47.9 Å². The van der Waals surface area contributed by atoms with Gasteiger partial charge in [0.25, 0.3) is 5.56 Å². The van der Waals surface area contributed by atoms with Crippen LogP contribution in [0.4, 0.5) is 4.39 Å². The third-order valence-corrected chi connectivity index (χ3v) is 6.25. The summed E-state index contributed by atoms with van der Waals surface area (Å²) < 4.78 is 18.1. The van der Waals surface area contributed by atoms with Crippen LogP contribution in [0.5, 0.6) is 0 Å². The van der Waals surface area contributed by atoms with Gasteiger partial charge in [-0.2, -0.15) is 9.78 Å². The van der Waals surface area contributed by atoms with Gasteiger partial charge in [0.2, 0.25) is 0 Å². The van der Waals surface area contributed by atoms with Gasteiger partial charge < -0.3 is 4.98 Å². The molecule has 34 heavy (non-hydrogen) atoms. The molecule has 170 valence electrons. The highest BCUT2D eigenvalue weighted by molar-refractivity contribution is 6.31. The molecule has 0 unspecified atom stereocenters. The highest BCUT2D eigenvalue weighted by atomic mass is 35.5. The Bertz CT molecular complexity index is 1560. The number of hydrogen-bond donors (Lipinski definition) is 2. The second-order valence-electron chi connectivity index (χ2n) is 8.04. The molecular formula is C21H16ClFN10O. The van der Waals surface area contributed by atoms with Crippen LogP contribution < -0.4 is 5.56 Å². The fourth-order valence-electron chi connectivity index (χ4n) is 4.38. The number of imidazole rings is 1. The number of nitrogens with one attached hydrogen (secondary N) is 2. The Morgan fingerprint density at radius 3 is 2.91 bits per heavy atom. The predicted molar refractivity (Wildman–Crippen MR) is 119 cm³/mol. The summed E-state index contributed by atoms with van der Waals surface area (Å²) in [6, 6.07) is 3.96. The number of rotatable bonds is 4. The van der Waals surface area contributed by atoms with Crippen molar-refractivity contribution in [1.29, 1.82) is 0 Å². The molecule has 5 aromatic rings. The molecule has 1 aliphatic rings. The summed E-state index contributed by atoms with van der Waals surface area (Å²) in [5.41, 5.74) is 1.86. The largest absolute Gasteiger partial charge is 0.340 e. The minimum Gasteiger partial charge on any atom is -0.340 e. The first-order chi connectivity index (χ1) is 16.5. The van der Waals surface area contributed by atoms with E-state index >= 15 is 4.39 Å². The molecule has 2 N–H and O–H groups in total.